The topological polar surface area (TPSA) is 42.4 Å². The van der Waals surface area contributed by atoms with E-state index in [2.05, 4.69) is 22.0 Å². The van der Waals surface area contributed by atoms with Gasteiger partial charge in [0.15, 0.2) is 0 Å². The van der Waals surface area contributed by atoms with Gasteiger partial charge in [-0.15, -0.1) is 0 Å². The summed E-state index contributed by atoms with van der Waals surface area (Å²) in [5, 5.41) is 0. The maximum Gasteiger partial charge on any atom is 0.306 e. The molecule has 0 bridgehead atoms. The van der Waals surface area contributed by atoms with Gasteiger partial charge in [-0.25, -0.2) is 0 Å². The van der Waals surface area contributed by atoms with Crippen molar-refractivity contribution in [2.24, 2.45) is 5.92 Å². The Morgan fingerprint density at radius 2 is 1.91 bits per heavy atom. The zero-order valence-electron chi connectivity index (χ0n) is 14.0. The standard InChI is InChI=1S/C18H28N2O2/c1-18(2,3)22-17(21)6-4-5-15-9-13-20(14-10-15)16-7-11-19-12-8-16/h7-8,11-12,15H,4-6,9-10,13-14H2,1-3H3. The fourth-order valence-electron chi connectivity index (χ4n) is 2.96. The Hall–Kier alpha value is -1.58. The molecule has 1 aliphatic rings. The van der Waals surface area contributed by atoms with E-state index in [-0.39, 0.29) is 11.6 Å². The van der Waals surface area contributed by atoms with Crippen LogP contribution in [0.5, 0.6) is 0 Å². The van der Waals surface area contributed by atoms with Crippen molar-refractivity contribution in [3.05, 3.63) is 24.5 Å². The molecule has 1 aromatic heterocycles. The third-order valence-electron chi connectivity index (χ3n) is 4.06. The largest absolute Gasteiger partial charge is 0.460 e. The lowest BCUT2D eigenvalue weighted by molar-refractivity contribution is -0.154. The normalized spacial score (nSPS) is 16.6. The molecule has 122 valence electrons. The number of hydrogen-bond donors (Lipinski definition) is 0. The second-order valence-electron chi connectivity index (χ2n) is 7.11. The van der Waals surface area contributed by atoms with Crippen molar-refractivity contribution < 1.29 is 9.53 Å². The van der Waals surface area contributed by atoms with E-state index < -0.39 is 0 Å². The lowest BCUT2D eigenvalue weighted by Gasteiger charge is -2.33. The Labute approximate surface area is 133 Å². The Balaban J connectivity index is 1.65. The Morgan fingerprint density at radius 3 is 2.50 bits per heavy atom. The molecule has 0 N–H and O–H groups in total. The highest BCUT2D eigenvalue weighted by atomic mass is 16.6. The minimum atomic E-state index is -0.368. The minimum absolute atomic E-state index is 0.0679. The summed E-state index contributed by atoms with van der Waals surface area (Å²) in [6, 6.07) is 4.14. The van der Waals surface area contributed by atoms with Crippen molar-refractivity contribution in [1.82, 2.24) is 4.98 Å². The summed E-state index contributed by atoms with van der Waals surface area (Å²) >= 11 is 0. The molecular weight excluding hydrogens is 276 g/mol. The second-order valence-corrected chi connectivity index (χ2v) is 7.11. The van der Waals surface area contributed by atoms with E-state index in [0.717, 1.165) is 31.8 Å². The number of esters is 1. The number of carbonyl (C=O) groups excluding carboxylic acids is 1. The summed E-state index contributed by atoms with van der Waals surface area (Å²) in [7, 11) is 0. The van der Waals surface area contributed by atoms with Crippen LogP contribution in [0.4, 0.5) is 5.69 Å². The molecule has 4 heteroatoms. The minimum Gasteiger partial charge on any atom is -0.460 e. The first-order chi connectivity index (χ1) is 10.4. The Morgan fingerprint density at radius 1 is 1.27 bits per heavy atom. The summed E-state index contributed by atoms with van der Waals surface area (Å²) < 4.78 is 5.35. The predicted octanol–water partition coefficient (Wildman–Crippen LogP) is 3.81. The molecule has 0 saturated carbocycles. The van der Waals surface area contributed by atoms with Gasteiger partial charge in [0, 0.05) is 37.6 Å². The van der Waals surface area contributed by atoms with Crippen LogP contribution >= 0.6 is 0 Å². The molecule has 0 atom stereocenters. The van der Waals surface area contributed by atoms with Crippen LogP contribution in [0.3, 0.4) is 0 Å². The molecule has 2 rings (SSSR count). The van der Waals surface area contributed by atoms with Gasteiger partial charge in [0.25, 0.3) is 0 Å². The van der Waals surface area contributed by atoms with Crippen molar-refractivity contribution in [3.8, 4) is 0 Å². The fraction of sp³-hybridized carbons (Fsp3) is 0.667. The van der Waals surface area contributed by atoms with Crippen LogP contribution in [-0.4, -0.2) is 29.6 Å². The number of carbonyl (C=O) groups is 1. The highest BCUT2D eigenvalue weighted by Gasteiger charge is 2.20. The van der Waals surface area contributed by atoms with Crippen molar-refractivity contribution in [2.75, 3.05) is 18.0 Å². The molecule has 2 heterocycles. The van der Waals surface area contributed by atoms with Crippen molar-refractivity contribution in [3.63, 3.8) is 0 Å². The molecule has 1 aliphatic heterocycles. The first-order valence-corrected chi connectivity index (χ1v) is 8.31. The average molecular weight is 304 g/mol. The molecule has 0 unspecified atom stereocenters. The van der Waals surface area contributed by atoms with E-state index in [1.54, 1.807) is 0 Å². The highest BCUT2D eigenvalue weighted by Crippen LogP contribution is 2.26. The molecule has 0 aromatic carbocycles. The van der Waals surface area contributed by atoms with Crippen LogP contribution in [0.2, 0.25) is 0 Å². The number of hydrogen-bond acceptors (Lipinski definition) is 4. The van der Waals surface area contributed by atoms with Gasteiger partial charge in [-0.3, -0.25) is 9.78 Å². The molecule has 0 spiro atoms. The third-order valence-corrected chi connectivity index (χ3v) is 4.06. The van der Waals surface area contributed by atoms with Crippen LogP contribution in [0, 0.1) is 5.92 Å². The van der Waals surface area contributed by atoms with Crippen molar-refractivity contribution >= 4 is 11.7 Å². The van der Waals surface area contributed by atoms with Gasteiger partial charge < -0.3 is 9.64 Å². The molecular formula is C18H28N2O2. The fourth-order valence-corrected chi connectivity index (χ4v) is 2.96. The van der Waals surface area contributed by atoms with Crippen LogP contribution in [0.1, 0.15) is 52.9 Å². The van der Waals surface area contributed by atoms with Crippen LogP contribution in [-0.2, 0) is 9.53 Å². The molecule has 1 saturated heterocycles. The van der Waals surface area contributed by atoms with Gasteiger partial charge in [-0.2, -0.15) is 0 Å². The van der Waals surface area contributed by atoms with Crippen LogP contribution < -0.4 is 4.90 Å². The van der Waals surface area contributed by atoms with Gasteiger partial charge in [-0.1, -0.05) is 0 Å². The number of nitrogens with zero attached hydrogens (tertiary/aromatic N) is 2. The molecule has 22 heavy (non-hydrogen) atoms. The first kappa shape index (κ1) is 16.8. The van der Waals surface area contributed by atoms with Gasteiger partial charge in [0.2, 0.25) is 0 Å². The monoisotopic (exact) mass is 304 g/mol. The summed E-state index contributed by atoms with van der Waals surface area (Å²) in [4.78, 5) is 18.2. The summed E-state index contributed by atoms with van der Waals surface area (Å²) in [5.41, 5.74) is 0.898. The number of piperidine rings is 1. The quantitative estimate of drug-likeness (QED) is 0.776. The zero-order valence-corrected chi connectivity index (χ0v) is 14.0. The number of ether oxygens (including phenoxy) is 1. The molecule has 1 aromatic rings. The molecule has 0 aliphatic carbocycles. The highest BCUT2D eigenvalue weighted by molar-refractivity contribution is 5.69. The number of aromatic nitrogens is 1. The van der Waals surface area contributed by atoms with E-state index in [1.165, 1.54) is 18.5 Å². The summed E-state index contributed by atoms with van der Waals surface area (Å²) in [6.45, 7) is 7.95. The van der Waals surface area contributed by atoms with Crippen LogP contribution in [0.25, 0.3) is 0 Å². The smallest absolute Gasteiger partial charge is 0.306 e. The first-order valence-electron chi connectivity index (χ1n) is 8.31. The molecule has 0 radical (unpaired) electrons. The SMILES string of the molecule is CC(C)(C)OC(=O)CCCC1CCN(c2ccncc2)CC1. The number of rotatable bonds is 5. The lowest BCUT2D eigenvalue weighted by atomic mass is 9.91. The number of anilines is 1. The second kappa shape index (κ2) is 7.61. The van der Waals surface area contributed by atoms with Gasteiger partial charge in [-0.05, 0) is 64.5 Å². The summed E-state index contributed by atoms with van der Waals surface area (Å²) in [5.74, 6) is 0.669. The van der Waals surface area contributed by atoms with E-state index in [1.807, 2.05) is 33.2 Å². The predicted molar refractivity (Wildman–Crippen MR) is 88.9 cm³/mol. The Bertz CT molecular complexity index is 460. The lowest BCUT2D eigenvalue weighted by Crippen LogP contribution is -2.33. The maximum atomic E-state index is 11.7. The van der Waals surface area contributed by atoms with Gasteiger partial charge in [0.05, 0.1) is 0 Å². The van der Waals surface area contributed by atoms with E-state index in [4.69, 9.17) is 4.74 Å². The van der Waals surface area contributed by atoms with Gasteiger partial charge >= 0.3 is 5.97 Å². The molecule has 4 nitrogen and oxygen atoms in total. The van der Waals surface area contributed by atoms with E-state index in [9.17, 15) is 4.79 Å². The van der Waals surface area contributed by atoms with Gasteiger partial charge in [0.1, 0.15) is 5.60 Å². The summed E-state index contributed by atoms with van der Waals surface area (Å²) in [6.07, 6.45) is 8.72. The third kappa shape index (κ3) is 5.66. The maximum absolute atomic E-state index is 11.7. The zero-order chi connectivity index (χ0) is 16.0. The Kier molecular flexibility index (Phi) is 5.81. The van der Waals surface area contributed by atoms with Crippen molar-refractivity contribution in [2.45, 2.75) is 58.5 Å². The van der Waals surface area contributed by atoms with E-state index in [0.29, 0.717) is 6.42 Å². The van der Waals surface area contributed by atoms with E-state index >= 15 is 0 Å². The van der Waals surface area contributed by atoms with Crippen molar-refractivity contribution in [1.29, 1.82) is 0 Å². The van der Waals surface area contributed by atoms with Crippen LogP contribution in [0.15, 0.2) is 24.5 Å². The average Bonchev–Trinajstić information content (AvgIpc) is 2.47. The molecule has 0 amide bonds. The molecule has 1 fully saturated rings. The number of pyridine rings is 1.